The summed E-state index contributed by atoms with van der Waals surface area (Å²) < 4.78 is 25.6. The highest BCUT2D eigenvalue weighted by Gasteiger charge is 2.10. The van der Waals surface area contributed by atoms with Crippen LogP contribution < -0.4 is 0 Å². The van der Waals surface area contributed by atoms with Crippen LogP contribution in [0.5, 0.6) is 0 Å². The van der Waals surface area contributed by atoms with E-state index in [0.717, 1.165) is 18.7 Å². The molecule has 0 fully saturated rings. The number of rotatable bonds is 4. The molecule has 1 aromatic rings. The van der Waals surface area contributed by atoms with Gasteiger partial charge in [0.2, 0.25) is 0 Å². The molecule has 1 nitrogen and oxygen atoms in total. The molecule has 78 valence electrons. The summed E-state index contributed by atoms with van der Waals surface area (Å²) in [5, 5.41) is 0.406. The standard InChI is InChI=1S/C9H10ClF2NS/c1-6(2-3-10)14-9-8(12)4-7(11)5-13-9/h4-6H,2-3H2,1H3. The first-order valence-electron chi connectivity index (χ1n) is 4.17. The van der Waals surface area contributed by atoms with E-state index in [1.807, 2.05) is 6.92 Å². The van der Waals surface area contributed by atoms with Gasteiger partial charge in [-0.2, -0.15) is 0 Å². The van der Waals surface area contributed by atoms with Crippen molar-refractivity contribution in [2.45, 2.75) is 23.6 Å². The van der Waals surface area contributed by atoms with Crippen LogP contribution in [-0.2, 0) is 0 Å². The summed E-state index contributed by atoms with van der Waals surface area (Å²) >= 11 is 6.81. The fraction of sp³-hybridized carbons (Fsp3) is 0.444. The van der Waals surface area contributed by atoms with Gasteiger partial charge in [0.15, 0.2) is 5.82 Å². The summed E-state index contributed by atoms with van der Waals surface area (Å²) in [4.78, 5) is 3.67. The van der Waals surface area contributed by atoms with E-state index in [2.05, 4.69) is 4.98 Å². The molecule has 0 aliphatic heterocycles. The molecule has 1 aromatic heterocycles. The van der Waals surface area contributed by atoms with E-state index in [4.69, 9.17) is 11.6 Å². The van der Waals surface area contributed by atoms with E-state index in [9.17, 15) is 8.78 Å². The van der Waals surface area contributed by atoms with Crippen molar-refractivity contribution in [1.29, 1.82) is 0 Å². The third-order valence-electron chi connectivity index (χ3n) is 1.60. The van der Waals surface area contributed by atoms with Crippen LogP contribution in [0.15, 0.2) is 17.3 Å². The first-order valence-corrected chi connectivity index (χ1v) is 5.58. The lowest BCUT2D eigenvalue weighted by Gasteiger charge is -2.08. The zero-order chi connectivity index (χ0) is 10.6. The number of nitrogens with zero attached hydrogens (tertiary/aromatic N) is 1. The molecule has 0 amide bonds. The number of halogens is 3. The Morgan fingerprint density at radius 1 is 1.57 bits per heavy atom. The van der Waals surface area contributed by atoms with Crippen molar-refractivity contribution in [1.82, 2.24) is 4.98 Å². The van der Waals surface area contributed by atoms with Crippen molar-refractivity contribution in [3.8, 4) is 0 Å². The average molecular weight is 238 g/mol. The van der Waals surface area contributed by atoms with Gasteiger partial charge in [-0.1, -0.05) is 6.92 Å². The highest BCUT2D eigenvalue weighted by Crippen LogP contribution is 2.25. The molecule has 0 saturated carbocycles. The molecule has 1 rings (SSSR count). The highest BCUT2D eigenvalue weighted by molar-refractivity contribution is 7.99. The van der Waals surface area contributed by atoms with Crippen molar-refractivity contribution < 1.29 is 8.78 Å². The maximum atomic E-state index is 13.1. The van der Waals surface area contributed by atoms with Crippen LogP contribution in [0.3, 0.4) is 0 Å². The highest BCUT2D eigenvalue weighted by atomic mass is 35.5. The summed E-state index contributed by atoms with van der Waals surface area (Å²) in [6, 6.07) is 0.836. The fourth-order valence-electron chi connectivity index (χ4n) is 0.892. The summed E-state index contributed by atoms with van der Waals surface area (Å²) in [5.74, 6) is -0.745. The van der Waals surface area contributed by atoms with E-state index >= 15 is 0 Å². The molecule has 0 aliphatic rings. The molecule has 0 aliphatic carbocycles. The van der Waals surface area contributed by atoms with Gasteiger partial charge in [-0.3, -0.25) is 0 Å². The summed E-state index contributed by atoms with van der Waals surface area (Å²) in [7, 11) is 0. The van der Waals surface area contributed by atoms with Crippen molar-refractivity contribution >= 4 is 23.4 Å². The summed E-state index contributed by atoms with van der Waals surface area (Å²) in [6.07, 6.45) is 1.78. The second-order valence-corrected chi connectivity index (χ2v) is 4.65. The lowest BCUT2D eigenvalue weighted by molar-refractivity contribution is 0.548. The number of pyridine rings is 1. The van der Waals surface area contributed by atoms with Crippen LogP contribution in [0.25, 0.3) is 0 Å². The van der Waals surface area contributed by atoms with Gasteiger partial charge < -0.3 is 0 Å². The molecular formula is C9H10ClF2NS. The van der Waals surface area contributed by atoms with E-state index in [1.54, 1.807) is 0 Å². The summed E-state index contributed by atoms with van der Waals surface area (Å²) in [5.41, 5.74) is 0. The topological polar surface area (TPSA) is 12.9 Å². The summed E-state index contributed by atoms with van der Waals surface area (Å²) in [6.45, 7) is 1.93. The molecule has 5 heteroatoms. The van der Waals surface area contributed by atoms with Crippen LogP contribution in [0.4, 0.5) is 8.78 Å². The Labute approximate surface area is 90.9 Å². The lowest BCUT2D eigenvalue weighted by atomic mass is 10.4. The van der Waals surface area contributed by atoms with E-state index in [0.29, 0.717) is 5.88 Å². The Hall–Kier alpha value is -0.350. The number of alkyl halides is 1. The molecular weight excluding hydrogens is 228 g/mol. The lowest BCUT2D eigenvalue weighted by Crippen LogP contribution is -1.99. The molecule has 0 bridgehead atoms. The van der Waals surface area contributed by atoms with Crippen LogP contribution >= 0.6 is 23.4 Å². The Balaban J connectivity index is 2.67. The monoisotopic (exact) mass is 237 g/mol. The number of hydrogen-bond donors (Lipinski definition) is 0. The number of thioether (sulfide) groups is 1. The van der Waals surface area contributed by atoms with Crippen molar-refractivity contribution in [2.75, 3.05) is 5.88 Å². The van der Waals surface area contributed by atoms with Gasteiger partial charge in [0.1, 0.15) is 10.8 Å². The Bertz CT molecular complexity index is 309. The number of hydrogen-bond acceptors (Lipinski definition) is 2. The Morgan fingerprint density at radius 3 is 2.86 bits per heavy atom. The van der Waals surface area contributed by atoms with Gasteiger partial charge in [-0.25, -0.2) is 13.8 Å². The first-order chi connectivity index (χ1) is 6.63. The van der Waals surface area contributed by atoms with Crippen LogP contribution in [-0.4, -0.2) is 16.1 Å². The van der Waals surface area contributed by atoms with Crippen molar-refractivity contribution in [3.63, 3.8) is 0 Å². The third-order valence-corrected chi connectivity index (χ3v) is 2.98. The van der Waals surface area contributed by atoms with Gasteiger partial charge in [0, 0.05) is 17.2 Å². The molecule has 0 spiro atoms. The molecule has 1 unspecified atom stereocenters. The molecule has 0 aromatic carbocycles. The SMILES string of the molecule is CC(CCCl)Sc1ncc(F)cc1F. The minimum atomic E-state index is -0.656. The maximum Gasteiger partial charge on any atom is 0.158 e. The van der Waals surface area contributed by atoms with Gasteiger partial charge in [-0.15, -0.1) is 23.4 Å². The Morgan fingerprint density at radius 2 is 2.29 bits per heavy atom. The minimum absolute atomic E-state index is 0.181. The fourth-order valence-corrected chi connectivity index (χ4v) is 2.25. The van der Waals surface area contributed by atoms with Gasteiger partial charge in [0.25, 0.3) is 0 Å². The van der Waals surface area contributed by atoms with Crippen LogP contribution in [0.1, 0.15) is 13.3 Å². The van der Waals surface area contributed by atoms with Crippen molar-refractivity contribution in [2.24, 2.45) is 0 Å². The minimum Gasteiger partial charge on any atom is -0.244 e. The zero-order valence-corrected chi connectivity index (χ0v) is 9.21. The van der Waals surface area contributed by atoms with Gasteiger partial charge >= 0.3 is 0 Å². The molecule has 0 saturated heterocycles. The predicted molar refractivity (Wildman–Crippen MR) is 54.8 cm³/mol. The molecule has 0 N–H and O–H groups in total. The second-order valence-electron chi connectivity index (χ2n) is 2.85. The zero-order valence-electron chi connectivity index (χ0n) is 7.64. The Kier molecular flexibility index (Phi) is 4.62. The van der Waals surface area contributed by atoms with E-state index < -0.39 is 11.6 Å². The smallest absolute Gasteiger partial charge is 0.158 e. The van der Waals surface area contributed by atoms with Crippen molar-refractivity contribution in [3.05, 3.63) is 23.9 Å². The first kappa shape index (κ1) is 11.7. The largest absolute Gasteiger partial charge is 0.244 e. The normalized spacial score (nSPS) is 12.9. The predicted octanol–water partition coefficient (Wildman–Crippen LogP) is 3.47. The van der Waals surface area contributed by atoms with E-state index in [-0.39, 0.29) is 10.3 Å². The molecule has 0 radical (unpaired) electrons. The van der Waals surface area contributed by atoms with Crippen LogP contribution in [0, 0.1) is 11.6 Å². The van der Waals surface area contributed by atoms with E-state index in [1.165, 1.54) is 11.8 Å². The quantitative estimate of drug-likeness (QED) is 0.588. The van der Waals surface area contributed by atoms with Crippen LogP contribution in [0.2, 0.25) is 0 Å². The van der Waals surface area contributed by atoms with Gasteiger partial charge in [-0.05, 0) is 6.42 Å². The second kappa shape index (κ2) is 5.51. The molecule has 1 atom stereocenters. The average Bonchev–Trinajstić information content (AvgIpc) is 2.10. The third kappa shape index (κ3) is 3.42. The number of aromatic nitrogens is 1. The molecule has 14 heavy (non-hydrogen) atoms. The molecule has 1 heterocycles. The van der Waals surface area contributed by atoms with Gasteiger partial charge in [0.05, 0.1) is 6.20 Å². The maximum absolute atomic E-state index is 13.1.